The van der Waals surface area contributed by atoms with Crippen LogP contribution in [-0.2, 0) is 6.61 Å². The van der Waals surface area contributed by atoms with Crippen LogP contribution in [0.4, 0.5) is 0 Å². The zero-order chi connectivity index (χ0) is 12.6. The fraction of sp³-hybridized carbons (Fsp3) is 0.357. The first-order valence-electron chi connectivity index (χ1n) is 5.78. The Morgan fingerprint density at radius 3 is 2.47 bits per heavy atom. The molecule has 1 aromatic heterocycles. The van der Waals surface area contributed by atoms with E-state index in [0.717, 1.165) is 22.6 Å². The number of hydrogen-bond donors (Lipinski definition) is 1. The second-order valence-electron chi connectivity index (χ2n) is 4.44. The van der Waals surface area contributed by atoms with Crippen molar-refractivity contribution in [2.45, 2.75) is 34.3 Å². The van der Waals surface area contributed by atoms with E-state index in [1.807, 2.05) is 24.6 Å². The van der Waals surface area contributed by atoms with Crippen molar-refractivity contribution in [2.24, 2.45) is 0 Å². The van der Waals surface area contributed by atoms with E-state index >= 15 is 0 Å². The van der Waals surface area contributed by atoms with Gasteiger partial charge < -0.3 is 5.11 Å². The maximum absolute atomic E-state index is 9.33. The van der Waals surface area contributed by atoms with Gasteiger partial charge in [0, 0.05) is 11.3 Å². The van der Waals surface area contributed by atoms with Crippen LogP contribution < -0.4 is 0 Å². The number of hydrogen-bond acceptors (Lipinski definition) is 2. The molecule has 1 N–H and O–H groups in total. The standard InChI is InChI=1S/C14H18N2O/c1-9-6-5-7-14(10(9)2)16-12(4)13(8-17)11(3)15-16/h5-7,17H,8H2,1-4H3. The molecule has 0 fully saturated rings. The number of aliphatic hydroxyl groups excluding tert-OH is 1. The Morgan fingerprint density at radius 1 is 1.18 bits per heavy atom. The summed E-state index contributed by atoms with van der Waals surface area (Å²) < 4.78 is 1.92. The zero-order valence-electron chi connectivity index (χ0n) is 10.8. The Kier molecular flexibility index (Phi) is 3.03. The van der Waals surface area contributed by atoms with Gasteiger partial charge in [-0.1, -0.05) is 12.1 Å². The van der Waals surface area contributed by atoms with Crippen molar-refractivity contribution in [2.75, 3.05) is 0 Å². The van der Waals surface area contributed by atoms with E-state index < -0.39 is 0 Å². The van der Waals surface area contributed by atoms with Gasteiger partial charge >= 0.3 is 0 Å². The summed E-state index contributed by atoms with van der Waals surface area (Å²) in [7, 11) is 0. The molecular formula is C14H18N2O. The van der Waals surface area contributed by atoms with Gasteiger partial charge in [0.15, 0.2) is 0 Å². The molecule has 0 atom stereocenters. The topological polar surface area (TPSA) is 38.0 Å². The van der Waals surface area contributed by atoms with Crippen molar-refractivity contribution < 1.29 is 5.11 Å². The Labute approximate surface area is 102 Å². The Morgan fingerprint density at radius 2 is 1.88 bits per heavy atom. The molecule has 1 heterocycles. The van der Waals surface area contributed by atoms with Crippen molar-refractivity contribution >= 4 is 0 Å². The van der Waals surface area contributed by atoms with Crippen molar-refractivity contribution in [3.8, 4) is 5.69 Å². The first-order valence-corrected chi connectivity index (χ1v) is 5.78. The average Bonchev–Trinajstić information content (AvgIpc) is 2.58. The summed E-state index contributed by atoms with van der Waals surface area (Å²) in [5.41, 5.74) is 6.39. The van der Waals surface area contributed by atoms with Gasteiger partial charge in [-0.05, 0) is 44.9 Å². The third-order valence-corrected chi connectivity index (χ3v) is 3.40. The zero-order valence-corrected chi connectivity index (χ0v) is 10.8. The van der Waals surface area contributed by atoms with Gasteiger partial charge in [0.05, 0.1) is 18.0 Å². The fourth-order valence-electron chi connectivity index (χ4n) is 2.10. The van der Waals surface area contributed by atoms with Gasteiger partial charge in [0.2, 0.25) is 0 Å². The third-order valence-electron chi connectivity index (χ3n) is 3.40. The second-order valence-corrected chi connectivity index (χ2v) is 4.44. The average molecular weight is 230 g/mol. The van der Waals surface area contributed by atoms with E-state index in [2.05, 4.69) is 31.1 Å². The summed E-state index contributed by atoms with van der Waals surface area (Å²) >= 11 is 0. The van der Waals surface area contributed by atoms with Crippen LogP contribution in [0.5, 0.6) is 0 Å². The van der Waals surface area contributed by atoms with Crippen molar-refractivity contribution in [1.29, 1.82) is 0 Å². The number of rotatable bonds is 2. The molecule has 1 aromatic carbocycles. The monoisotopic (exact) mass is 230 g/mol. The molecule has 2 rings (SSSR count). The summed E-state index contributed by atoms with van der Waals surface area (Å²) in [6.07, 6.45) is 0. The van der Waals surface area contributed by atoms with E-state index in [1.165, 1.54) is 11.1 Å². The SMILES string of the molecule is Cc1cccc(-n2nc(C)c(CO)c2C)c1C. The number of aliphatic hydroxyl groups is 1. The van der Waals surface area contributed by atoms with Crippen LogP contribution in [0.1, 0.15) is 28.1 Å². The van der Waals surface area contributed by atoms with E-state index in [4.69, 9.17) is 0 Å². The summed E-state index contributed by atoms with van der Waals surface area (Å²) in [5, 5.41) is 13.8. The Balaban J connectivity index is 2.65. The molecule has 0 amide bonds. The van der Waals surface area contributed by atoms with Gasteiger partial charge in [-0.15, -0.1) is 0 Å². The predicted octanol–water partition coefficient (Wildman–Crippen LogP) is 2.60. The molecule has 0 aliphatic heterocycles. The highest BCUT2D eigenvalue weighted by Crippen LogP contribution is 2.22. The first-order chi connectivity index (χ1) is 8.06. The highest BCUT2D eigenvalue weighted by Gasteiger charge is 2.13. The number of aromatic nitrogens is 2. The number of aryl methyl sites for hydroxylation is 2. The van der Waals surface area contributed by atoms with E-state index in [1.54, 1.807) is 0 Å². The molecule has 0 saturated heterocycles. The summed E-state index contributed by atoms with van der Waals surface area (Å²) in [6.45, 7) is 8.16. The fourth-order valence-corrected chi connectivity index (χ4v) is 2.10. The Bertz CT molecular complexity index is 556. The van der Waals surface area contributed by atoms with Gasteiger partial charge in [0.25, 0.3) is 0 Å². The van der Waals surface area contributed by atoms with E-state index in [9.17, 15) is 5.11 Å². The molecule has 0 saturated carbocycles. The molecule has 0 unspecified atom stereocenters. The summed E-state index contributed by atoms with van der Waals surface area (Å²) in [6, 6.07) is 6.19. The lowest BCUT2D eigenvalue weighted by Crippen LogP contribution is -2.03. The van der Waals surface area contributed by atoms with Crippen molar-refractivity contribution in [1.82, 2.24) is 9.78 Å². The minimum absolute atomic E-state index is 0.0442. The first kappa shape index (κ1) is 11.9. The normalized spacial score (nSPS) is 10.9. The molecule has 0 bridgehead atoms. The second kappa shape index (κ2) is 4.34. The molecule has 90 valence electrons. The van der Waals surface area contributed by atoms with Crippen LogP contribution in [0.3, 0.4) is 0 Å². The molecule has 0 spiro atoms. The van der Waals surface area contributed by atoms with Crippen LogP contribution >= 0.6 is 0 Å². The van der Waals surface area contributed by atoms with Crippen LogP contribution in [-0.4, -0.2) is 14.9 Å². The maximum Gasteiger partial charge on any atom is 0.0718 e. The predicted molar refractivity (Wildman–Crippen MR) is 68.4 cm³/mol. The largest absolute Gasteiger partial charge is 0.392 e. The molecule has 3 heteroatoms. The molecule has 2 aromatic rings. The van der Waals surface area contributed by atoms with Crippen LogP contribution in [0.2, 0.25) is 0 Å². The minimum atomic E-state index is 0.0442. The molecule has 0 aliphatic rings. The highest BCUT2D eigenvalue weighted by molar-refractivity contribution is 5.46. The summed E-state index contributed by atoms with van der Waals surface area (Å²) in [5.74, 6) is 0. The molecule has 17 heavy (non-hydrogen) atoms. The number of benzene rings is 1. The van der Waals surface area contributed by atoms with Gasteiger partial charge in [0.1, 0.15) is 0 Å². The Hall–Kier alpha value is -1.61. The van der Waals surface area contributed by atoms with Crippen molar-refractivity contribution in [3.63, 3.8) is 0 Å². The van der Waals surface area contributed by atoms with Crippen molar-refractivity contribution in [3.05, 3.63) is 46.3 Å². The quantitative estimate of drug-likeness (QED) is 0.861. The summed E-state index contributed by atoms with van der Waals surface area (Å²) in [4.78, 5) is 0. The highest BCUT2D eigenvalue weighted by atomic mass is 16.3. The lowest BCUT2D eigenvalue weighted by Gasteiger charge is -2.10. The van der Waals surface area contributed by atoms with Gasteiger partial charge in [-0.2, -0.15) is 5.10 Å². The molecular weight excluding hydrogens is 212 g/mol. The lowest BCUT2D eigenvalue weighted by molar-refractivity contribution is 0.280. The van der Waals surface area contributed by atoms with E-state index in [-0.39, 0.29) is 6.61 Å². The van der Waals surface area contributed by atoms with Crippen LogP contribution in [0.15, 0.2) is 18.2 Å². The van der Waals surface area contributed by atoms with Gasteiger partial charge in [-0.3, -0.25) is 0 Å². The lowest BCUT2D eigenvalue weighted by atomic mass is 10.1. The third kappa shape index (κ3) is 1.87. The maximum atomic E-state index is 9.33. The molecule has 0 radical (unpaired) electrons. The number of nitrogens with zero attached hydrogens (tertiary/aromatic N) is 2. The van der Waals surface area contributed by atoms with Crippen LogP contribution in [0.25, 0.3) is 5.69 Å². The van der Waals surface area contributed by atoms with E-state index in [0.29, 0.717) is 0 Å². The molecule has 0 aliphatic carbocycles. The smallest absolute Gasteiger partial charge is 0.0718 e. The van der Waals surface area contributed by atoms with Crippen LogP contribution in [0, 0.1) is 27.7 Å². The van der Waals surface area contributed by atoms with Gasteiger partial charge in [-0.25, -0.2) is 4.68 Å². The minimum Gasteiger partial charge on any atom is -0.392 e. The molecule has 3 nitrogen and oxygen atoms in total.